The predicted octanol–water partition coefficient (Wildman–Crippen LogP) is 6.42. The smallest absolute Gasteiger partial charge is 0.261 e. The second-order valence-corrected chi connectivity index (χ2v) is 11.3. The summed E-state index contributed by atoms with van der Waals surface area (Å²) in [5.41, 5.74) is 4.07. The first kappa shape index (κ1) is 30.8. The van der Waals surface area contributed by atoms with Gasteiger partial charge in [-0.05, 0) is 51.9 Å². The van der Waals surface area contributed by atoms with Gasteiger partial charge in [0.15, 0.2) is 6.10 Å². The Morgan fingerprint density at radius 2 is 1.38 bits per heavy atom. The number of rotatable bonds is 14. The van der Waals surface area contributed by atoms with Crippen molar-refractivity contribution in [3.8, 4) is 11.5 Å². The Morgan fingerprint density at radius 3 is 2.00 bits per heavy atom. The number of ether oxygens (including phenoxy) is 3. The Balaban J connectivity index is 1.39. The van der Waals surface area contributed by atoms with Crippen molar-refractivity contribution in [3.63, 3.8) is 0 Å². The van der Waals surface area contributed by atoms with E-state index in [2.05, 4.69) is 26.1 Å². The molecule has 0 radical (unpaired) electrons. The fraction of sp³-hybridized carbons (Fsp3) is 0.306. The number of carbonyl (C=O) groups is 1. The number of hydrogen-bond acceptors (Lipinski definition) is 5. The second-order valence-electron chi connectivity index (χ2n) is 11.3. The molecule has 4 aromatic rings. The van der Waals surface area contributed by atoms with E-state index in [0.29, 0.717) is 32.0 Å². The highest BCUT2D eigenvalue weighted by molar-refractivity contribution is 5.82. The van der Waals surface area contributed by atoms with E-state index in [9.17, 15) is 9.90 Å². The van der Waals surface area contributed by atoms with Crippen LogP contribution in [0.4, 0.5) is 0 Å². The molecule has 0 aliphatic heterocycles. The molecule has 0 saturated heterocycles. The predicted molar refractivity (Wildman–Crippen MR) is 166 cm³/mol. The van der Waals surface area contributed by atoms with Crippen LogP contribution >= 0.6 is 0 Å². The van der Waals surface area contributed by atoms with Crippen LogP contribution in [0.1, 0.15) is 49.1 Å². The largest absolute Gasteiger partial charge is 0.491 e. The number of hydrogen-bond donors (Lipinski definition) is 2. The van der Waals surface area contributed by atoms with Gasteiger partial charge in [0.1, 0.15) is 18.1 Å². The molecule has 0 aliphatic carbocycles. The molecule has 0 spiro atoms. The molecule has 1 amide bonds. The van der Waals surface area contributed by atoms with Gasteiger partial charge in [0.05, 0.1) is 25.9 Å². The molecule has 4 rings (SSSR count). The average Bonchev–Trinajstić information content (AvgIpc) is 3.01. The van der Waals surface area contributed by atoms with Gasteiger partial charge in [0.2, 0.25) is 0 Å². The third kappa shape index (κ3) is 9.47. The number of aliphatic hydroxyl groups is 1. The lowest BCUT2D eigenvalue weighted by molar-refractivity contribution is -0.129. The van der Waals surface area contributed by atoms with Gasteiger partial charge in [0, 0.05) is 6.42 Å². The van der Waals surface area contributed by atoms with Crippen molar-refractivity contribution in [1.82, 2.24) is 5.32 Å². The lowest BCUT2D eigenvalue weighted by Crippen LogP contribution is -2.42. The van der Waals surface area contributed by atoms with Crippen molar-refractivity contribution >= 4 is 5.91 Å². The molecule has 0 unspecified atom stereocenters. The summed E-state index contributed by atoms with van der Waals surface area (Å²) < 4.78 is 17.8. The zero-order valence-corrected chi connectivity index (χ0v) is 24.7. The first-order chi connectivity index (χ1) is 20.3. The second kappa shape index (κ2) is 15.2. The van der Waals surface area contributed by atoms with Gasteiger partial charge in [-0.1, -0.05) is 106 Å². The molecule has 220 valence electrons. The van der Waals surface area contributed by atoms with E-state index in [4.69, 9.17) is 14.2 Å². The molecular formula is C36H41NO5. The van der Waals surface area contributed by atoms with E-state index < -0.39 is 12.1 Å². The van der Waals surface area contributed by atoms with Gasteiger partial charge in [-0.2, -0.15) is 0 Å². The van der Waals surface area contributed by atoms with Crippen molar-refractivity contribution in [2.45, 2.75) is 51.4 Å². The maximum atomic E-state index is 13.5. The van der Waals surface area contributed by atoms with E-state index >= 15 is 0 Å². The quantitative estimate of drug-likeness (QED) is 0.172. The van der Waals surface area contributed by atoms with Crippen LogP contribution in [0.25, 0.3) is 0 Å². The van der Waals surface area contributed by atoms with Crippen molar-refractivity contribution in [3.05, 3.63) is 131 Å². The maximum absolute atomic E-state index is 13.5. The van der Waals surface area contributed by atoms with Crippen LogP contribution in [0.15, 0.2) is 109 Å². The topological polar surface area (TPSA) is 77.0 Å². The van der Waals surface area contributed by atoms with Crippen LogP contribution in [-0.4, -0.2) is 36.9 Å². The van der Waals surface area contributed by atoms with Crippen molar-refractivity contribution < 1.29 is 24.1 Å². The van der Waals surface area contributed by atoms with Gasteiger partial charge in [-0.15, -0.1) is 0 Å². The Hall–Kier alpha value is -4.13. The van der Waals surface area contributed by atoms with E-state index in [-0.39, 0.29) is 17.9 Å². The van der Waals surface area contributed by atoms with Crippen LogP contribution in [0, 0.1) is 0 Å². The summed E-state index contributed by atoms with van der Waals surface area (Å²) >= 11 is 0. The molecule has 42 heavy (non-hydrogen) atoms. The van der Waals surface area contributed by atoms with Crippen LogP contribution in [-0.2, 0) is 28.0 Å². The molecular weight excluding hydrogens is 526 g/mol. The number of aliphatic hydroxyl groups excluding tert-OH is 1. The van der Waals surface area contributed by atoms with Crippen LogP contribution in [0.3, 0.4) is 0 Å². The van der Waals surface area contributed by atoms with Crippen LogP contribution < -0.4 is 14.8 Å². The van der Waals surface area contributed by atoms with Gasteiger partial charge in [-0.25, -0.2) is 0 Å². The number of carbonyl (C=O) groups excluding carboxylic acids is 1. The standard InChI is InChI=1S/C36H41NO5/c1-36(2,3)30-16-20-32(21-17-30)42-34(35(39)37-33(25-38)29-12-8-5-9-13-29)24-27-14-18-31(19-15-27)41-23-22-40-26-28-10-6-4-7-11-28/h4-21,33-34,38H,22-26H2,1-3H3,(H,37,39)/t33-,34+/m0/s1. The Kier molecular flexibility index (Phi) is 11.2. The molecule has 0 heterocycles. The van der Waals surface area contributed by atoms with Gasteiger partial charge >= 0.3 is 0 Å². The highest BCUT2D eigenvalue weighted by Crippen LogP contribution is 2.25. The van der Waals surface area contributed by atoms with Crippen molar-refractivity contribution in [2.75, 3.05) is 19.8 Å². The summed E-state index contributed by atoms with van der Waals surface area (Å²) in [5, 5.41) is 13.0. The first-order valence-electron chi connectivity index (χ1n) is 14.4. The Morgan fingerprint density at radius 1 is 0.762 bits per heavy atom. The number of amides is 1. The molecule has 0 bridgehead atoms. The minimum Gasteiger partial charge on any atom is -0.491 e. The summed E-state index contributed by atoms with van der Waals surface area (Å²) in [6.07, 6.45) is -0.457. The fourth-order valence-corrected chi connectivity index (χ4v) is 4.49. The van der Waals surface area contributed by atoms with E-state index in [1.807, 2.05) is 109 Å². The normalized spacial score (nSPS) is 12.8. The summed E-state index contributed by atoms with van der Waals surface area (Å²) in [5.74, 6) is 1.04. The van der Waals surface area contributed by atoms with Gasteiger partial charge in [-0.3, -0.25) is 4.79 Å². The van der Waals surface area contributed by atoms with Crippen LogP contribution in [0.2, 0.25) is 0 Å². The minimum absolute atomic E-state index is 0.0111. The molecule has 0 aromatic heterocycles. The molecule has 2 atom stereocenters. The van der Waals surface area contributed by atoms with E-state index in [0.717, 1.165) is 22.4 Å². The highest BCUT2D eigenvalue weighted by Gasteiger charge is 2.25. The third-order valence-corrected chi connectivity index (χ3v) is 6.94. The number of nitrogens with one attached hydrogen (secondary N) is 1. The molecule has 0 fully saturated rings. The average molecular weight is 568 g/mol. The maximum Gasteiger partial charge on any atom is 0.261 e. The van der Waals surface area contributed by atoms with E-state index in [1.54, 1.807) is 0 Å². The molecule has 0 aliphatic rings. The molecule has 6 heteroatoms. The summed E-state index contributed by atoms with van der Waals surface area (Å²) in [6.45, 7) is 7.71. The number of benzene rings is 4. The molecule has 2 N–H and O–H groups in total. The summed E-state index contributed by atoms with van der Waals surface area (Å²) in [6, 6.07) is 34.4. The first-order valence-corrected chi connectivity index (χ1v) is 14.4. The highest BCUT2D eigenvalue weighted by atomic mass is 16.5. The Bertz CT molecular complexity index is 1350. The lowest BCUT2D eigenvalue weighted by Gasteiger charge is -2.24. The monoisotopic (exact) mass is 567 g/mol. The lowest BCUT2D eigenvalue weighted by atomic mass is 9.87. The summed E-state index contributed by atoms with van der Waals surface area (Å²) in [4.78, 5) is 13.5. The van der Waals surface area contributed by atoms with Crippen LogP contribution in [0.5, 0.6) is 11.5 Å². The van der Waals surface area contributed by atoms with Gasteiger partial charge < -0.3 is 24.6 Å². The fourth-order valence-electron chi connectivity index (χ4n) is 4.49. The van der Waals surface area contributed by atoms with Crippen molar-refractivity contribution in [1.29, 1.82) is 0 Å². The zero-order chi connectivity index (χ0) is 29.8. The molecule has 0 saturated carbocycles. The van der Waals surface area contributed by atoms with Crippen molar-refractivity contribution in [2.24, 2.45) is 0 Å². The summed E-state index contributed by atoms with van der Waals surface area (Å²) in [7, 11) is 0. The van der Waals surface area contributed by atoms with Gasteiger partial charge in [0.25, 0.3) is 5.91 Å². The SMILES string of the molecule is CC(C)(C)c1ccc(O[C@H](Cc2ccc(OCCOCc3ccccc3)cc2)C(=O)N[C@@H](CO)c2ccccc2)cc1. The molecule has 4 aromatic carbocycles. The Labute approximate surface area is 249 Å². The molecule has 6 nitrogen and oxygen atoms in total. The zero-order valence-electron chi connectivity index (χ0n) is 24.7. The van der Waals surface area contributed by atoms with E-state index in [1.165, 1.54) is 5.56 Å². The third-order valence-electron chi connectivity index (χ3n) is 6.94. The minimum atomic E-state index is -0.804.